The first-order valence-corrected chi connectivity index (χ1v) is 5.06. The highest BCUT2D eigenvalue weighted by molar-refractivity contribution is 7.09. The Morgan fingerprint density at radius 3 is 3.08 bits per heavy atom. The van der Waals surface area contributed by atoms with E-state index in [2.05, 4.69) is 11.4 Å². The van der Waals surface area contributed by atoms with Gasteiger partial charge in [-0.25, -0.2) is 0 Å². The zero-order valence-corrected chi connectivity index (χ0v) is 8.14. The van der Waals surface area contributed by atoms with E-state index in [9.17, 15) is 0 Å². The molecule has 1 aromatic rings. The fourth-order valence-corrected chi connectivity index (χ4v) is 1.81. The molecule has 0 amide bonds. The lowest BCUT2D eigenvalue weighted by molar-refractivity contribution is 0.133. The van der Waals surface area contributed by atoms with E-state index in [1.54, 1.807) is 11.3 Å². The molecule has 2 nitrogen and oxygen atoms in total. The first kappa shape index (κ1) is 9.71. The molecule has 2 N–H and O–H groups in total. The number of nitrogens with two attached hydrogens (primary N) is 1. The van der Waals surface area contributed by atoms with E-state index < -0.39 is 0 Å². The van der Waals surface area contributed by atoms with Gasteiger partial charge in [-0.3, -0.25) is 0 Å². The molecular formula is C9H15NOS. The lowest BCUT2D eigenvalue weighted by Crippen LogP contribution is -2.28. The van der Waals surface area contributed by atoms with E-state index >= 15 is 0 Å². The van der Waals surface area contributed by atoms with Crippen LogP contribution in [0.15, 0.2) is 17.5 Å². The zero-order chi connectivity index (χ0) is 8.81. The summed E-state index contributed by atoms with van der Waals surface area (Å²) in [6.45, 7) is 3.39. The van der Waals surface area contributed by atoms with E-state index in [-0.39, 0.29) is 6.04 Å². The Morgan fingerprint density at radius 1 is 1.67 bits per heavy atom. The maximum atomic E-state index is 5.83. The summed E-state index contributed by atoms with van der Waals surface area (Å²) in [5, 5.41) is 2.07. The Kier molecular flexibility index (Phi) is 4.29. The number of rotatable bonds is 5. The highest BCUT2D eigenvalue weighted by atomic mass is 32.1. The van der Waals surface area contributed by atoms with Crippen molar-refractivity contribution < 1.29 is 4.74 Å². The average molecular weight is 185 g/mol. The van der Waals surface area contributed by atoms with Gasteiger partial charge in [-0.2, -0.15) is 0 Å². The van der Waals surface area contributed by atoms with E-state index in [0.29, 0.717) is 6.61 Å². The zero-order valence-electron chi connectivity index (χ0n) is 7.32. The lowest BCUT2D eigenvalue weighted by atomic mass is 10.2. The topological polar surface area (TPSA) is 35.2 Å². The second kappa shape index (κ2) is 5.30. The van der Waals surface area contributed by atoms with Crippen LogP contribution >= 0.6 is 11.3 Å². The maximum Gasteiger partial charge on any atom is 0.0620 e. The van der Waals surface area contributed by atoms with Crippen LogP contribution in [0.3, 0.4) is 0 Å². The van der Waals surface area contributed by atoms with E-state index in [1.165, 1.54) is 4.88 Å². The Morgan fingerprint density at radius 2 is 2.50 bits per heavy atom. The molecule has 1 heterocycles. The Hall–Kier alpha value is -0.380. The highest BCUT2D eigenvalue weighted by Gasteiger charge is 2.03. The minimum atomic E-state index is 0.142. The number of ether oxygens (including phenoxy) is 1. The van der Waals surface area contributed by atoms with Crippen molar-refractivity contribution in [1.29, 1.82) is 0 Å². The van der Waals surface area contributed by atoms with Crippen molar-refractivity contribution >= 4 is 11.3 Å². The third kappa shape index (κ3) is 3.34. The van der Waals surface area contributed by atoms with Crippen LogP contribution in [0.1, 0.15) is 11.8 Å². The fourth-order valence-electron chi connectivity index (χ4n) is 1.02. The molecule has 3 heteroatoms. The van der Waals surface area contributed by atoms with Crippen molar-refractivity contribution in [3.05, 3.63) is 22.4 Å². The summed E-state index contributed by atoms with van der Waals surface area (Å²) in [4.78, 5) is 1.34. The first-order chi connectivity index (χ1) is 5.83. The molecule has 0 aliphatic rings. The van der Waals surface area contributed by atoms with Crippen LogP contribution in [0.2, 0.25) is 0 Å². The van der Waals surface area contributed by atoms with Gasteiger partial charge in [0.1, 0.15) is 0 Å². The van der Waals surface area contributed by atoms with Gasteiger partial charge >= 0.3 is 0 Å². The molecule has 0 saturated heterocycles. The largest absolute Gasteiger partial charge is 0.380 e. The van der Waals surface area contributed by atoms with E-state index in [4.69, 9.17) is 10.5 Å². The van der Waals surface area contributed by atoms with Crippen molar-refractivity contribution in [3.8, 4) is 0 Å². The van der Waals surface area contributed by atoms with E-state index in [0.717, 1.165) is 13.0 Å². The standard InChI is InChI=1S/C9H15NOS/c1-2-11-7-8(10)6-9-4-3-5-12-9/h3-5,8H,2,6-7,10H2,1H3. The van der Waals surface area contributed by atoms with Gasteiger partial charge in [0.2, 0.25) is 0 Å². The predicted octanol–water partition coefficient (Wildman–Crippen LogP) is 1.65. The van der Waals surface area contributed by atoms with Gasteiger partial charge in [0.15, 0.2) is 0 Å². The molecule has 0 radical (unpaired) electrons. The van der Waals surface area contributed by atoms with Crippen LogP contribution in [-0.2, 0) is 11.2 Å². The van der Waals surface area contributed by atoms with Crippen molar-refractivity contribution in [2.24, 2.45) is 5.73 Å². The van der Waals surface area contributed by atoms with Crippen LogP contribution < -0.4 is 5.73 Å². The summed E-state index contributed by atoms with van der Waals surface area (Å²) in [6.07, 6.45) is 0.928. The summed E-state index contributed by atoms with van der Waals surface area (Å²) < 4.78 is 5.22. The molecule has 0 bridgehead atoms. The smallest absolute Gasteiger partial charge is 0.0620 e. The van der Waals surface area contributed by atoms with Crippen LogP contribution in [-0.4, -0.2) is 19.3 Å². The second-order valence-electron chi connectivity index (χ2n) is 2.70. The quantitative estimate of drug-likeness (QED) is 0.757. The van der Waals surface area contributed by atoms with Gasteiger partial charge < -0.3 is 10.5 Å². The average Bonchev–Trinajstić information content (AvgIpc) is 2.53. The van der Waals surface area contributed by atoms with Gasteiger partial charge in [0.25, 0.3) is 0 Å². The molecule has 0 aliphatic carbocycles. The number of hydrogen-bond acceptors (Lipinski definition) is 3. The summed E-state index contributed by atoms with van der Waals surface area (Å²) >= 11 is 1.75. The van der Waals surface area contributed by atoms with E-state index in [1.807, 2.05) is 13.0 Å². The minimum Gasteiger partial charge on any atom is -0.380 e. The molecule has 0 saturated carbocycles. The normalized spacial score (nSPS) is 13.2. The summed E-state index contributed by atoms with van der Waals surface area (Å²) in [6, 6.07) is 4.30. The monoisotopic (exact) mass is 185 g/mol. The molecule has 0 fully saturated rings. The molecule has 0 spiro atoms. The molecule has 0 aliphatic heterocycles. The van der Waals surface area contributed by atoms with Gasteiger partial charge in [0, 0.05) is 17.5 Å². The van der Waals surface area contributed by atoms with Crippen LogP contribution in [0.25, 0.3) is 0 Å². The van der Waals surface area contributed by atoms with Gasteiger partial charge in [0.05, 0.1) is 6.61 Å². The summed E-state index contributed by atoms with van der Waals surface area (Å²) in [5.41, 5.74) is 5.83. The molecule has 1 aromatic heterocycles. The molecule has 1 unspecified atom stereocenters. The second-order valence-corrected chi connectivity index (χ2v) is 3.74. The SMILES string of the molecule is CCOCC(N)Cc1cccs1. The van der Waals surface area contributed by atoms with Crippen molar-refractivity contribution in [2.75, 3.05) is 13.2 Å². The molecule has 1 rings (SSSR count). The molecular weight excluding hydrogens is 170 g/mol. The summed E-state index contributed by atoms with van der Waals surface area (Å²) in [5.74, 6) is 0. The van der Waals surface area contributed by atoms with Crippen molar-refractivity contribution in [3.63, 3.8) is 0 Å². The highest BCUT2D eigenvalue weighted by Crippen LogP contribution is 2.10. The number of hydrogen-bond donors (Lipinski definition) is 1. The Bertz CT molecular complexity index is 198. The maximum absolute atomic E-state index is 5.83. The Labute approximate surface area is 77.3 Å². The fraction of sp³-hybridized carbons (Fsp3) is 0.556. The molecule has 68 valence electrons. The summed E-state index contributed by atoms with van der Waals surface area (Å²) in [7, 11) is 0. The van der Waals surface area contributed by atoms with Gasteiger partial charge in [-0.05, 0) is 24.8 Å². The van der Waals surface area contributed by atoms with Crippen LogP contribution in [0, 0.1) is 0 Å². The molecule has 0 aromatic carbocycles. The van der Waals surface area contributed by atoms with Crippen molar-refractivity contribution in [2.45, 2.75) is 19.4 Å². The van der Waals surface area contributed by atoms with Crippen LogP contribution in [0.5, 0.6) is 0 Å². The Balaban J connectivity index is 2.22. The lowest BCUT2D eigenvalue weighted by Gasteiger charge is -2.09. The molecule has 1 atom stereocenters. The first-order valence-electron chi connectivity index (χ1n) is 4.18. The third-order valence-corrected chi connectivity index (χ3v) is 2.48. The van der Waals surface area contributed by atoms with Gasteiger partial charge in [-0.15, -0.1) is 11.3 Å². The van der Waals surface area contributed by atoms with Crippen LogP contribution in [0.4, 0.5) is 0 Å². The predicted molar refractivity (Wildman–Crippen MR) is 52.5 cm³/mol. The van der Waals surface area contributed by atoms with Gasteiger partial charge in [-0.1, -0.05) is 6.07 Å². The minimum absolute atomic E-state index is 0.142. The third-order valence-electron chi connectivity index (χ3n) is 1.58. The number of thiophene rings is 1. The van der Waals surface area contributed by atoms with Crippen molar-refractivity contribution in [1.82, 2.24) is 0 Å². The molecule has 12 heavy (non-hydrogen) atoms.